The third-order valence-corrected chi connectivity index (χ3v) is 6.38. The lowest BCUT2D eigenvalue weighted by molar-refractivity contribution is 0.0691. The van der Waals surface area contributed by atoms with Crippen LogP contribution in [0, 0.1) is 5.92 Å². The fourth-order valence-electron chi connectivity index (χ4n) is 4.60. The van der Waals surface area contributed by atoms with Crippen molar-refractivity contribution in [3.8, 4) is 11.3 Å². The van der Waals surface area contributed by atoms with Crippen LogP contribution in [0.2, 0.25) is 0 Å². The minimum absolute atomic E-state index is 0.0614. The molecule has 5 rings (SSSR count). The van der Waals surface area contributed by atoms with E-state index < -0.39 is 0 Å². The number of piperidine rings is 1. The van der Waals surface area contributed by atoms with E-state index in [-0.39, 0.29) is 5.91 Å². The highest BCUT2D eigenvalue weighted by molar-refractivity contribution is 5.99. The van der Waals surface area contributed by atoms with Gasteiger partial charge < -0.3 is 4.90 Å². The Balaban J connectivity index is 1.33. The molecule has 0 atom stereocenters. The second kappa shape index (κ2) is 9.82. The number of hydrogen-bond acceptors (Lipinski definition) is 3. The lowest BCUT2D eigenvalue weighted by atomic mass is 9.90. The molecule has 1 aliphatic heterocycles. The first-order valence-electron chi connectivity index (χ1n) is 11.6. The number of aromatic nitrogens is 3. The van der Waals surface area contributed by atoms with Crippen molar-refractivity contribution in [2.75, 3.05) is 13.1 Å². The van der Waals surface area contributed by atoms with E-state index in [2.05, 4.69) is 47.4 Å². The Morgan fingerprint density at radius 2 is 1.58 bits per heavy atom. The van der Waals surface area contributed by atoms with Crippen LogP contribution in [0.5, 0.6) is 0 Å². The smallest absolute Gasteiger partial charge is 0.257 e. The predicted octanol–water partition coefficient (Wildman–Crippen LogP) is 5.09. The molecule has 3 heterocycles. The minimum Gasteiger partial charge on any atom is -0.339 e. The van der Waals surface area contributed by atoms with Crippen LogP contribution in [0.1, 0.15) is 34.3 Å². The zero-order valence-electron chi connectivity index (χ0n) is 18.7. The molecule has 0 spiro atoms. The highest BCUT2D eigenvalue weighted by Gasteiger charge is 2.27. The molecule has 0 N–H and O–H groups in total. The molecule has 166 valence electrons. The quantitative estimate of drug-likeness (QED) is 0.423. The van der Waals surface area contributed by atoms with Crippen LogP contribution < -0.4 is 0 Å². The SMILES string of the molecule is O=C(c1cn(Cc2ccccc2)nc1-c1cccnc1)N1CCC(Cc2ccccc2)CC1. The van der Waals surface area contributed by atoms with Gasteiger partial charge in [-0.25, -0.2) is 0 Å². The van der Waals surface area contributed by atoms with Gasteiger partial charge in [-0.2, -0.15) is 5.10 Å². The van der Waals surface area contributed by atoms with Gasteiger partial charge in [0.05, 0.1) is 12.1 Å². The summed E-state index contributed by atoms with van der Waals surface area (Å²) >= 11 is 0. The van der Waals surface area contributed by atoms with Crippen molar-refractivity contribution in [1.82, 2.24) is 19.7 Å². The predicted molar refractivity (Wildman–Crippen MR) is 130 cm³/mol. The summed E-state index contributed by atoms with van der Waals surface area (Å²) in [5.74, 6) is 0.682. The van der Waals surface area contributed by atoms with Gasteiger partial charge in [0.15, 0.2) is 0 Å². The van der Waals surface area contributed by atoms with E-state index in [1.807, 2.05) is 46.1 Å². The Kier molecular flexibility index (Phi) is 6.29. The maximum atomic E-state index is 13.6. The zero-order chi connectivity index (χ0) is 22.5. The van der Waals surface area contributed by atoms with Gasteiger partial charge in [-0.15, -0.1) is 0 Å². The van der Waals surface area contributed by atoms with Crippen LogP contribution in [0.25, 0.3) is 11.3 Å². The molecule has 0 bridgehead atoms. The fraction of sp³-hybridized carbons (Fsp3) is 0.250. The molecule has 0 saturated carbocycles. The number of carbonyl (C=O) groups excluding carboxylic acids is 1. The van der Waals surface area contributed by atoms with Gasteiger partial charge >= 0.3 is 0 Å². The second-order valence-electron chi connectivity index (χ2n) is 8.74. The number of carbonyl (C=O) groups is 1. The molecule has 2 aromatic carbocycles. The molecule has 1 amide bonds. The van der Waals surface area contributed by atoms with Crippen LogP contribution >= 0.6 is 0 Å². The van der Waals surface area contributed by atoms with Crippen LogP contribution in [0.3, 0.4) is 0 Å². The second-order valence-corrected chi connectivity index (χ2v) is 8.74. The van der Waals surface area contributed by atoms with Gasteiger partial charge in [0.1, 0.15) is 5.69 Å². The molecule has 5 nitrogen and oxygen atoms in total. The van der Waals surface area contributed by atoms with Gasteiger partial charge in [0.2, 0.25) is 0 Å². The van der Waals surface area contributed by atoms with Gasteiger partial charge in [0.25, 0.3) is 5.91 Å². The molecule has 1 saturated heterocycles. The molecule has 1 fully saturated rings. The molecule has 1 aliphatic rings. The average molecular weight is 437 g/mol. The number of likely N-dealkylation sites (tertiary alicyclic amines) is 1. The van der Waals surface area contributed by atoms with Gasteiger partial charge in [-0.3, -0.25) is 14.5 Å². The van der Waals surface area contributed by atoms with Crippen molar-refractivity contribution in [2.24, 2.45) is 5.92 Å². The summed E-state index contributed by atoms with van der Waals surface area (Å²) in [6.45, 7) is 2.19. The van der Waals surface area contributed by atoms with E-state index in [9.17, 15) is 4.79 Å². The van der Waals surface area contributed by atoms with E-state index in [0.717, 1.165) is 43.5 Å². The summed E-state index contributed by atoms with van der Waals surface area (Å²) in [5, 5.41) is 4.79. The number of pyridine rings is 1. The molecule has 33 heavy (non-hydrogen) atoms. The largest absolute Gasteiger partial charge is 0.339 e. The fourth-order valence-corrected chi connectivity index (χ4v) is 4.60. The van der Waals surface area contributed by atoms with Gasteiger partial charge in [-0.1, -0.05) is 60.7 Å². The standard InChI is InChI=1S/C28H28N4O/c33-28(31-16-13-23(14-17-31)18-22-8-3-1-4-9-22)26-21-32(20-24-10-5-2-6-11-24)30-27(26)25-12-7-15-29-19-25/h1-12,15,19,21,23H,13-14,16-18,20H2. The van der Waals surface area contributed by atoms with Gasteiger partial charge in [0, 0.05) is 37.2 Å². The molecular weight excluding hydrogens is 408 g/mol. The topological polar surface area (TPSA) is 51.0 Å². The average Bonchev–Trinajstić information content (AvgIpc) is 3.29. The van der Waals surface area contributed by atoms with Crippen molar-refractivity contribution in [1.29, 1.82) is 0 Å². The van der Waals surface area contributed by atoms with Crippen LogP contribution in [0.15, 0.2) is 91.4 Å². The van der Waals surface area contributed by atoms with E-state index in [1.54, 1.807) is 12.4 Å². The molecule has 0 unspecified atom stereocenters. The maximum absolute atomic E-state index is 13.6. The van der Waals surface area contributed by atoms with Gasteiger partial charge in [-0.05, 0) is 48.4 Å². The first-order chi connectivity index (χ1) is 16.3. The Bertz CT molecular complexity index is 1180. The minimum atomic E-state index is 0.0614. The zero-order valence-corrected chi connectivity index (χ0v) is 18.7. The van der Waals surface area contributed by atoms with E-state index in [0.29, 0.717) is 23.7 Å². The van der Waals surface area contributed by atoms with Crippen molar-refractivity contribution < 1.29 is 4.79 Å². The number of rotatable bonds is 6. The Morgan fingerprint density at radius 3 is 2.24 bits per heavy atom. The summed E-state index contributed by atoms with van der Waals surface area (Å²) < 4.78 is 1.87. The molecule has 0 radical (unpaired) electrons. The summed E-state index contributed by atoms with van der Waals surface area (Å²) in [7, 11) is 0. The summed E-state index contributed by atoms with van der Waals surface area (Å²) in [5.41, 5.74) is 4.75. The normalized spacial score (nSPS) is 14.4. The van der Waals surface area contributed by atoms with Crippen LogP contribution in [-0.2, 0) is 13.0 Å². The third kappa shape index (κ3) is 5.03. The number of benzene rings is 2. The highest BCUT2D eigenvalue weighted by Crippen LogP contribution is 2.27. The molecule has 2 aromatic heterocycles. The lowest BCUT2D eigenvalue weighted by Crippen LogP contribution is -2.39. The summed E-state index contributed by atoms with van der Waals surface area (Å²) in [6, 6.07) is 24.7. The highest BCUT2D eigenvalue weighted by atomic mass is 16.2. The number of nitrogens with zero attached hydrogens (tertiary/aromatic N) is 4. The van der Waals surface area contributed by atoms with E-state index in [1.165, 1.54) is 5.56 Å². The first-order valence-corrected chi connectivity index (χ1v) is 11.6. The Morgan fingerprint density at radius 1 is 0.879 bits per heavy atom. The maximum Gasteiger partial charge on any atom is 0.257 e. The van der Waals surface area contributed by atoms with E-state index >= 15 is 0 Å². The molecule has 4 aromatic rings. The van der Waals surface area contributed by atoms with Crippen molar-refractivity contribution >= 4 is 5.91 Å². The molecular formula is C28H28N4O. The summed E-state index contributed by atoms with van der Waals surface area (Å²) in [6.07, 6.45) is 8.55. The van der Waals surface area contributed by atoms with Crippen molar-refractivity contribution in [3.63, 3.8) is 0 Å². The molecule has 0 aliphatic carbocycles. The first kappa shape index (κ1) is 21.1. The summed E-state index contributed by atoms with van der Waals surface area (Å²) in [4.78, 5) is 19.8. The number of amides is 1. The van der Waals surface area contributed by atoms with Crippen molar-refractivity contribution in [2.45, 2.75) is 25.8 Å². The Hall–Kier alpha value is -3.73. The molecule has 5 heteroatoms. The van der Waals surface area contributed by atoms with Crippen molar-refractivity contribution in [3.05, 3.63) is 108 Å². The van der Waals surface area contributed by atoms with Crippen LogP contribution in [-0.4, -0.2) is 38.7 Å². The lowest BCUT2D eigenvalue weighted by Gasteiger charge is -2.32. The monoisotopic (exact) mass is 436 g/mol. The third-order valence-electron chi connectivity index (χ3n) is 6.38. The van der Waals surface area contributed by atoms with Crippen LogP contribution in [0.4, 0.5) is 0 Å². The number of hydrogen-bond donors (Lipinski definition) is 0. The Labute approximate surface area is 194 Å². The van der Waals surface area contributed by atoms with E-state index in [4.69, 9.17) is 5.10 Å².